The summed E-state index contributed by atoms with van der Waals surface area (Å²) in [5.41, 5.74) is 0. The summed E-state index contributed by atoms with van der Waals surface area (Å²) >= 11 is 0. The molecular formula is C11H22N2O4S. The highest BCUT2D eigenvalue weighted by Crippen LogP contribution is 2.09. The Morgan fingerprint density at radius 3 is 2.67 bits per heavy atom. The molecule has 18 heavy (non-hydrogen) atoms. The van der Waals surface area contributed by atoms with Crippen molar-refractivity contribution in [3.63, 3.8) is 0 Å². The molecule has 0 aliphatic carbocycles. The molecule has 1 fully saturated rings. The molecule has 1 atom stereocenters. The lowest BCUT2D eigenvalue weighted by Crippen LogP contribution is -2.49. The van der Waals surface area contributed by atoms with Gasteiger partial charge >= 0.3 is 0 Å². The summed E-state index contributed by atoms with van der Waals surface area (Å²) in [6.45, 7) is 4.36. The summed E-state index contributed by atoms with van der Waals surface area (Å²) < 4.78 is 22.9. The predicted octanol–water partition coefficient (Wildman–Crippen LogP) is -1.01. The highest BCUT2D eigenvalue weighted by Gasteiger charge is 2.28. The zero-order valence-electron chi connectivity index (χ0n) is 10.9. The molecule has 1 rings (SSSR count). The van der Waals surface area contributed by atoms with E-state index in [0.717, 1.165) is 0 Å². The van der Waals surface area contributed by atoms with E-state index in [-0.39, 0.29) is 49.1 Å². The molecule has 1 heterocycles. The second kappa shape index (κ2) is 6.49. The molecule has 0 saturated carbocycles. The summed E-state index contributed by atoms with van der Waals surface area (Å²) in [5.74, 6) is 0.0418. The fourth-order valence-electron chi connectivity index (χ4n) is 2.11. The fourth-order valence-corrected chi connectivity index (χ4v) is 3.55. The van der Waals surface area contributed by atoms with E-state index < -0.39 is 9.84 Å². The second-order valence-corrected chi connectivity index (χ2v) is 7.10. The van der Waals surface area contributed by atoms with Crippen molar-refractivity contribution in [3.8, 4) is 0 Å². The SMILES string of the molecule is CC(C)N(CCO)C(=O)CC1CS(=O)(=O)CCN1. The van der Waals surface area contributed by atoms with Gasteiger partial charge in [0, 0.05) is 31.6 Å². The largest absolute Gasteiger partial charge is 0.395 e. The van der Waals surface area contributed by atoms with E-state index in [1.54, 1.807) is 4.90 Å². The number of hydrogen-bond acceptors (Lipinski definition) is 5. The standard InChI is InChI=1S/C11H22N2O4S/c1-9(2)13(4-5-14)11(15)7-10-8-18(16,17)6-3-12-10/h9-10,12,14H,3-8H2,1-2H3. The van der Waals surface area contributed by atoms with Crippen LogP contribution in [0.1, 0.15) is 20.3 Å². The van der Waals surface area contributed by atoms with E-state index in [1.165, 1.54) is 0 Å². The summed E-state index contributed by atoms with van der Waals surface area (Å²) in [6, 6.07) is -0.305. The van der Waals surface area contributed by atoms with Crippen LogP contribution in [-0.4, -0.2) is 67.6 Å². The molecule has 0 radical (unpaired) electrons. The van der Waals surface area contributed by atoms with Crippen molar-refractivity contribution in [2.75, 3.05) is 31.2 Å². The summed E-state index contributed by atoms with van der Waals surface area (Å²) in [7, 11) is -3.02. The van der Waals surface area contributed by atoms with E-state index in [2.05, 4.69) is 5.32 Å². The van der Waals surface area contributed by atoms with Gasteiger partial charge in [0.05, 0.1) is 18.1 Å². The first-order chi connectivity index (χ1) is 8.35. The number of aliphatic hydroxyl groups excluding tert-OH is 1. The number of nitrogens with zero attached hydrogens (tertiary/aromatic N) is 1. The lowest BCUT2D eigenvalue weighted by Gasteiger charge is -2.29. The third kappa shape index (κ3) is 4.55. The number of nitrogens with one attached hydrogen (secondary N) is 1. The fraction of sp³-hybridized carbons (Fsp3) is 0.909. The highest BCUT2D eigenvalue weighted by atomic mass is 32.2. The molecule has 2 N–H and O–H groups in total. The zero-order chi connectivity index (χ0) is 13.8. The summed E-state index contributed by atoms with van der Waals surface area (Å²) in [6.07, 6.45) is 0.164. The van der Waals surface area contributed by atoms with Crippen LogP contribution in [-0.2, 0) is 14.6 Å². The lowest BCUT2D eigenvalue weighted by molar-refractivity contribution is -0.133. The van der Waals surface area contributed by atoms with Gasteiger partial charge in [-0.1, -0.05) is 0 Å². The van der Waals surface area contributed by atoms with Crippen molar-refractivity contribution in [1.29, 1.82) is 0 Å². The Labute approximate surface area is 108 Å². The van der Waals surface area contributed by atoms with Gasteiger partial charge in [-0.05, 0) is 13.8 Å². The molecule has 1 aliphatic heterocycles. The molecule has 1 amide bonds. The van der Waals surface area contributed by atoms with Crippen LogP contribution >= 0.6 is 0 Å². The van der Waals surface area contributed by atoms with Crippen LogP contribution in [0, 0.1) is 0 Å². The van der Waals surface area contributed by atoms with E-state index in [0.29, 0.717) is 6.54 Å². The normalized spacial score (nSPS) is 23.0. The molecule has 1 unspecified atom stereocenters. The van der Waals surface area contributed by atoms with Crippen molar-refractivity contribution in [3.05, 3.63) is 0 Å². The molecular weight excluding hydrogens is 256 g/mol. The van der Waals surface area contributed by atoms with Crippen molar-refractivity contribution in [1.82, 2.24) is 10.2 Å². The molecule has 6 nitrogen and oxygen atoms in total. The number of rotatable bonds is 5. The monoisotopic (exact) mass is 278 g/mol. The van der Waals surface area contributed by atoms with E-state index >= 15 is 0 Å². The molecule has 0 aromatic rings. The van der Waals surface area contributed by atoms with Crippen molar-refractivity contribution >= 4 is 15.7 Å². The Bertz CT molecular complexity index is 381. The van der Waals surface area contributed by atoms with Gasteiger partial charge in [0.2, 0.25) is 5.91 Å². The van der Waals surface area contributed by atoms with Gasteiger partial charge in [0.15, 0.2) is 9.84 Å². The molecule has 0 aromatic carbocycles. The number of hydrogen-bond donors (Lipinski definition) is 2. The Balaban J connectivity index is 2.57. The van der Waals surface area contributed by atoms with Crippen LogP contribution in [0.5, 0.6) is 0 Å². The molecule has 0 aromatic heterocycles. The number of carbonyl (C=O) groups excluding carboxylic acids is 1. The third-order valence-electron chi connectivity index (χ3n) is 3.01. The van der Waals surface area contributed by atoms with E-state index in [9.17, 15) is 13.2 Å². The molecule has 7 heteroatoms. The van der Waals surface area contributed by atoms with Crippen LogP contribution < -0.4 is 5.32 Å². The average Bonchev–Trinajstić information content (AvgIpc) is 2.23. The Kier molecular flexibility index (Phi) is 5.55. The maximum absolute atomic E-state index is 12.0. The Morgan fingerprint density at radius 2 is 2.17 bits per heavy atom. The first-order valence-electron chi connectivity index (χ1n) is 6.20. The number of carbonyl (C=O) groups is 1. The lowest BCUT2D eigenvalue weighted by atomic mass is 10.2. The first-order valence-corrected chi connectivity index (χ1v) is 8.02. The Morgan fingerprint density at radius 1 is 1.50 bits per heavy atom. The van der Waals surface area contributed by atoms with Crippen molar-refractivity contribution < 1.29 is 18.3 Å². The maximum Gasteiger partial charge on any atom is 0.224 e. The summed E-state index contributed by atoms with van der Waals surface area (Å²) in [5, 5.41) is 12.0. The van der Waals surface area contributed by atoms with E-state index in [1.807, 2.05) is 13.8 Å². The topological polar surface area (TPSA) is 86.7 Å². The van der Waals surface area contributed by atoms with Gasteiger partial charge in [-0.2, -0.15) is 0 Å². The van der Waals surface area contributed by atoms with Crippen molar-refractivity contribution in [2.24, 2.45) is 0 Å². The number of sulfone groups is 1. The minimum Gasteiger partial charge on any atom is -0.395 e. The van der Waals surface area contributed by atoms with Crippen LogP contribution in [0.25, 0.3) is 0 Å². The number of amides is 1. The Hall–Kier alpha value is -0.660. The molecule has 1 aliphatic rings. The summed E-state index contributed by atoms with van der Waals surface area (Å²) in [4.78, 5) is 13.6. The third-order valence-corrected chi connectivity index (χ3v) is 4.74. The molecule has 1 saturated heterocycles. The van der Waals surface area contributed by atoms with Crippen LogP contribution in [0.4, 0.5) is 0 Å². The first kappa shape index (κ1) is 15.4. The maximum atomic E-state index is 12.0. The van der Waals surface area contributed by atoms with Crippen LogP contribution in [0.15, 0.2) is 0 Å². The van der Waals surface area contributed by atoms with Gasteiger partial charge in [-0.3, -0.25) is 4.79 Å². The zero-order valence-corrected chi connectivity index (χ0v) is 11.7. The van der Waals surface area contributed by atoms with E-state index in [4.69, 9.17) is 5.11 Å². The average molecular weight is 278 g/mol. The molecule has 0 spiro atoms. The highest BCUT2D eigenvalue weighted by molar-refractivity contribution is 7.91. The number of aliphatic hydroxyl groups is 1. The smallest absolute Gasteiger partial charge is 0.224 e. The minimum atomic E-state index is -3.02. The second-order valence-electron chi connectivity index (χ2n) is 4.87. The van der Waals surface area contributed by atoms with Gasteiger partial charge in [-0.15, -0.1) is 0 Å². The van der Waals surface area contributed by atoms with Gasteiger partial charge < -0.3 is 15.3 Å². The van der Waals surface area contributed by atoms with Crippen LogP contribution in [0.2, 0.25) is 0 Å². The molecule has 0 bridgehead atoms. The van der Waals surface area contributed by atoms with Gasteiger partial charge in [0.1, 0.15) is 0 Å². The minimum absolute atomic E-state index is 0.00449. The van der Waals surface area contributed by atoms with Gasteiger partial charge in [0.25, 0.3) is 0 Å². The van der Waals surface area contributed by atoms with Crippen LogP contribution in [0.3, 0.4) is 0 Å². The predicted molar refractivity (Wildman–Crippen MR) is 69.0 cm³/mol. The van der Waals surface area contributed by atoms with Gasteiger partial charge in [-0.25, -0.2) is 8.42 Å². The molecule has 106 valence electrons. The quantitative estimate of drug-likeness (QED) is 0.673. The van der Waals surface area contributed by atoms with Crippen molar-refractivity contribution in [2.45, 2.75) is 32.4 Å².